The van der Waals surface area contributed by atoms with Crippen LogP contribution in [0.5, 0.6) is 0 Å². The van der Waals surface area contributed by atoms with Crippen LogP contribution in [0.3, 0.4) is 0 Å². The fraction of sp³-hybridized carbons (Fsp3) is 0.286. The molecule has 0 amide bonds. The molecule has 0 radical (unpaired) electrons. The number of aryl methyl sites for hydroxylation is 1. The number of aromatic nitrogens is 2. The molecule has 0 saturated carbocycles. The third-order valence-corrected chi connectivity index (χ3v) is 8.19. The van der Waals surface area contributed by atoms with E-state index in [-0.39, 0.29) is 16.2 Å². The molecular formula is C21H20F3N3O2S2. The Morgan fingerprint density at radius 2 is 1.84 bits per heavy atom. The number of nitrogens with one attached hydrogen (secondary N) is 1. The van der Waals surface area contributed by atoms with Crippen molar-refractivity contribution in [1.29, 1.82) is 0 Å². The highest BCUT2D eigenvalue weighted by atomic mass is 32.2. The standard InChI is InChI=1S/C21H20F3N3O2S2/c1-13-20(14(2)27(25-13)18-9-6-16(7-10-18)21(22,23)24)15-5-8-17(12-15)26-31(28,29)19-4-3-11-30-19/h3-11,15,17,26H,12H2,1-2H3/t15-,17-/m1/s1. The van der Waals surface area contributed by atoms with Gasteiger partial charge in [0.15, 0.2) is 0 Å². The Labute approximate surface area is 182 Å². The molecule has 0 spiro atoms. The van der Waals surface area contributed by atoms with Gasteiger partial charge < -0.3 is 0 Å². The van der Waals surface area contributed by atoms with E-state index in [9.17, 15) is 21.6 Å². The summed E-state index contributed by atoms with van der Waals surface area (Å²) in [5.74, 6) is -0.0424. The van der Waals surface area contributed by atoms with Gasteiger partial charge in [-0.25, -0.2) is 17.8 Å². The number of alkyl halides is 3. The van der Waals surface area contributed by atoms with E-state index >= 15 is 0 Å². The molecule has 0 unspecified atom stereocenters. The Bertz CT molecular complexity index is 1210. The molecule has 0 bridgehead atoms. The lowest BCUT2D eigenvalue weighted by molar-refractivity contribution is -0.137. The summed E-state index contributed by atoms with van der Waals surface area (Å²) in [5, 5.41) is 6.23. The van der Waals surface area contributed by atoms with Gasteiger partial charge >= 0.3 is 6.18 Å². The molecule has 0 aliphatic heterocycles. The van der Waals surface area contributed by atoms with Gasteiger partial charge in [-0.1, -0.05) is 18.2 Å². The Morgan fingerprint density at radius 1 is 1.13 bits per heavy atom. The first-order valence-corrected chi connectivity index (χ1v) is 11.9. The average molecular weight is 468 g/mol. The highest BCUT2D eigenvalue weighted by molar-refractivity contribution is 7.91. The Kier molecular flexibility index (Phi) is 5.57. The van der Waals surface area contributed by atoms with Crippen LogP contribution in [-0.4, -0.2) is 24.2 Å². The second-order valence-electron chi connectivity index (χ2n) is 7.43. The van der Waals surface area contributed by atoms with E-state index in [0.717, 1.165) is 40.4 Å². The van der Waals surface area contributed by atoms with Crippen molar-refractivity contribution in [3.8, 4) is 5.69 Å². The number of hydrogen-bond donors (Lipinski definition) is 1. The van der Waals surface area contributed by atoms with Crippen molar-refractivity contribution >= 4 is 21.4 Å². The summed E-state index contributed by atoms with van der Waals surface area (Å²) in [6, 6.07) is 7.78. The highest BCUT2D eigenvalue weighted by Crippen LogP contribution is 2.35. The Hall–Kier alpha value is -2.43. The minimum Gasteiger partial charge on any atom is -0.238 e. The summed E-state index contributed by atoms with van der Waals surface area (Å²) in [6.07, 6.45) is -0.0518. The highest BCUT2D eigenvalue weighted by Gasteiger charge is 2.31. The topological polar surface area (TPSA) is 64.0 Å². The van der Waals surface area contributed by atoms with E-state index in [1.54, 1.807) is 22.2 Å². The van der Waals surface area contributed by atoms with Crippen molar-refractivity contribution in [3.05, 3.63) is 76.4 Å². The normalized spacial score (nSPS) is 19.3. The maximum absolute atomic E-state index is 12.8. The SMILES string of the molecule is Cc1nn(-c2ccc(C(F)(F)F)cc2)c(C)c1[C@@H]1C=C[C@@H](NS(=O)(=O)c2cccs2)C1. The maximum Gasteiger partial charge on any atom is 0.416 e. The van der Waals surface area contributed by atoms with Crippen LogP contribution in [0.2, 0.25) is 0 Å². The molecule has 5 nitrogen and oxygen atoms in total. The first-order chi connectivity index (χ1) is 14.6. The van der Waals surface area contributed by atoms with Gasteiger partial charge in [-0.2, -0.15) is 18.3 Å². The molecule has 2 heterocycles. The second kappa shape index (κ2) is 7.92. The van der Waals surface area contributed by atoms with E-state index in [4.69, 9.17) is 0 Å². The molecule has 2 atom stereocenters. The van der Waals surface area contributed by atoms with Gasteiger partial charge in [0.2, 0.25) is 0 Å². The summed E-state index contributed by atoms with van der Waals surface area (Å²) in [5.41, 5.74) is 2.35. The maximum atomic E-state index is 12.8. The average Bonchev–Trinajstić information content (AvgIpc) is 3.42. The van der Waals surface area contributed by atoms with Crippen LogP contribution in [0, 0.1) is 13.8 Å². The molecule has 10 heteroatoms. The summed E-state index contributed by atoms with van der Waals surface area (Å²) in [6.45, 7) is 3.71. The van der Waals surface area contributed by atoms with Gasteiger partial charge in [-0.05, 0) is 56.0 Å². The van der Waals surface area contributed by atoms with Crippen molar-refractivity contribution in [1.82, 2.24) is 14.5 Å². The first-order valence-electron chi connectivity index (χ1n) is 9.54. The lowest BCUT2D eigenvalue weighted by atomic mass is 9.96. The van der Waals surface area contributed by atoms with Gasteiger partial charge in [0.05, 0.1) is 16.9 Å². The van der Waals surface area contributed by atoms with Crippen LogP contribution in [-0.2, 0) is 16.2 Å². The number of allylic oxidation sites excluding steroid dienone is 1. The van der Waals surface area contributed by atoms with Crippen LogP contribution >= 0.6 is 11.3 Å². The van der Waals surface area contributed by atoms with E-state index in [1.165, 1.54) is 12.1 Å². The fourth-order valence-electron chi connectivity index (χ4n) is 3.91. The molecular weight excluding hydrogens is 447 g/mol. The predicted molar refractivity (Wildman–Crippen MR) is 113 cm³/mol. The third-order valence-electron chi connectivity index (χ3n) is 5.31. The lowest BCUT2D eigenvalue weighted by Gasteiger charge is -2.14. The summed E-state index contributed by atoms with van der Waals surface area (Å²) < 4.78 is 68.1. The van der Waals surface area contributed by atoms with Crippen LogP contribution in [0.25, 0.3) is 5.69 Å². The molecule has 1 N–H and O–H groups in total. The predicted octanol–water partition coefficient (Wildman–Crippen LogP) is 4.96. The van der Waals surface area contributed by atoms with Crippen molar-refractivity contribution in [3.63, 3.8) is 0 Å². The van der Waals surface area contributed by atoms with E-state index in [1.807, 2.05) is 26.0 Å². The molecule has 3 aromatic rings. The van der Waals surface area contributed by atoms with E-state index < -0.39 is 21.8 Å². The van der Waals surface area contributed by atoms with Crippen molar-refractivity contribution in [2.75, 3.05) is 0 Å². The number of hydrogen-bond acceptors (Lipinski definition) is 4. The monoisotopic (exact) mass is 467 g/mol. The van der Waals surface area contributed by atoms with Gasteiger partial charge in [-0.3, -0.25) is 0 Å². The molecule has 0 fully saturated rings. The van der Waals surface area contributed by atoms with Crippen molar-refractivity contribution < 1.29 is 21.6 Å². The summed E-state index contributed by atoms with van der Waals surface area (Å²) in [7, 11) is -3.58. The number of sulfonamides is 1. The van der Waals surface area contributed by atoms with Crippen LogP contribution in [0.15, 0.2) is 58.1 Å². The molecule has 1 aliphatic carbocycles. The molecule has 1 aliphatic rings. The quantitative estimate of drug-likeness (QED) is 0.540. The first kappa shape index (κ1) is 21.8. The van der Waals surface area contributed by atoms with Crippen LogP contribution < -0.4 is 4.72 Å². The Balaban J connectivity index is 1.54. The third kappa shape index (κ3) is 4.32. The number of halogens is 3. The lowest BCUT2D eigenvalue weighted by Crippen LogP contribution is -2.32. The fourth-order valence-corrected chi connectivity index (χ4v) is 6.12. The number of thiophene rings is 1. The minimum absolute atomic E-state index is 0.0424. The van der Waals surface area contributed by atoms with Gasteiger partial charge in [0.1, 0.15) is 4.21 Å². The zero-order chi connectivity index (χ0) is 22.4. The zero-order valence-corrected chi connectivity index (χ0v) is 18.4. The summed E-state index contributed by atoms with van der Waals surface area (Å²) >= 11 is 1.16. The Morgan fingerprint density at radius 3 is 2.45 bits per heavy atom. The van der Waals surface area contributed by atoms with Crippen LogP contribution in [0.4, 0.5) is 13.2 Å². The van der Waals surface area contributed by atoms with Crippen molar-refractivity contribution in [2.45, 2.75) is 42.6 Å². The molecule has 164 valence electrons. The number of benzene rings is 1. The number of nitrogens with zero attached hydrogens (tertiary/aromatic N) is 2. The summed E-state index contributed by atoms with van der Waals surface area (Å²) in [4.78, 5) is 0. The second-order valence-corrected chi connectivity index (χ2v) is 10.3. The van der Waals surface area contributed by atoms with Crippen LogP contribution in [0.1, 0.15) is 34.9 Å². The van der Waals surface area contributed by atoms with Gasteiger partial charge in [0, 0.05) is 23.2 Å². The van der Waals surface area contributed by atoms with E-state index in [0.29, 0.717) is 12.1 Å². The molecule has 31 heavy (non-hydrogen) atoms. The molecule has 4 rings (SSSR count). The minimum atomic E-state index is -4.39. The molecule has 0 saturated heterocycles. The molecule has 1 aromatic carbocycles. The largest absolute Gasteiger partial charge is 0.416 e. The smallest absolute Gasteiger partial charge is 0.238 e. The van der Waals surface area contributed by atoms with Crippen molar-refractivity contribution in [2.24, 2.45) is 0 Å². The number of rotatable bonds is 5. The van der Waals surface area contributed by atoms with Gasteiger partial charge in [0.25, 0.3) is 10.0 Å². The zero-order valence-electron chi connectivity index (χ0n) is 16.7. The van der Waals surface area contributed by atoms with E-state index in [2.05, 4.69) is 9.82 Å². The van der Waals surface area contributed by atoms with Gasteiger partial charge in [-0.15, -0.1) is 11.3 Å². The molecule has 2 aromatic heterocycles.